The minimum absolute atomic E-state index is 0.153. The van der Waals surface area contributed by atoms with Crippen molar-refractivity contribution in [3.8, 4) is 22.6 Å². The fourth-order valence-corrected chi connectivity index (χ4v) is 4.62. The molecule has 0 bridgehead atoms. The molecule has 0 saturated carbocycles. The van der Waals surface area contributed by atoms with Crippen LogP contribution in [0, 0.1) is 13.8 Å². The van der Waals surface area contributed by atoms with Crippen LogP contribution in [0.1, 0.15) is 37.5 Å². The Morgan fingerprint density at radius 1 is 0.848 bits per heavy atom. The number of hydrogen-bond acceptors (Lipinski definition) is 4. The largest absolute Gasteiger partial charge is 0.543 e. The quantitative estimate of drug-likeness (QED) is 0.448. The number of benzene rings is 3. The average Bonchev–Trinajstić information content (AvgIpc) is 2.71. The molecule has 174 valence electrons. The number of hydrogen-bond donors (Lipinski definition) is 2. The summed E-state index contributed by atoms with van der Waals surface area (Å²) >= 11 is 0. The van der Waals surface area contributed by atoms with Gasteiger partial charge >= 0.3 is 7.12 Å². The first-order valence-electron chi connectivity index (χ1n) is 11.4. The van der Waals surface area contributed by atoms with Crippen LogP contribution in [0.4, 0.5) is 0 Å². The van der Waals surface area contributed by atoms with Gasteiger partial charge in [-0.3, -0.25) is 0 Å². The van der Waals surface area contributed by atoms with E-state index in [0.717, 1.165) is 16.9 Å². The highest BCUT2D eigenvalue weighted by Crippen LogP contribution is 2.39. The Hall–Kier alpha value is -2.54. The summed E-state index contributed by atoms with van der Waals surface area (Å²) in [6.45, 7) is 16.0. The molecular weight excluding hydrogens is 427 g/mol. The molecule has 0 atom stereocenters. The van der Waals surface area contributed by atoms with Gasteiger partial charge in [0.25, 0.3) is 0 Å². The molecular formula is C27H35BO4Si. The molecule has 0 saturated heterocycles. The normalized spacial score (nSPS) is 11.9. The van der Waals surface area contributed by atoms with E-state index in [-0.39, 0.29) is 5.04 Å². The molecule has 0 aliphatic carbocycles. The van der Waals surface area contributed by atoms with Crippen molar-refractivity contribution in [2.45, 2.75) is 59.4 Å². The van der Waals surface area contributed by atoms with Crippen molar-refractivity contribution in [2.75, 3.05) is 0 Å². The van der Waals surface area contributed by atoms with Crippen LogP contribution in [0.15, 0.2) is 60.7 Å². The van der Waals surface area contributed by atoms with Gasteiger partial charge in [0, 0.05) is 0 Å². The highest BCUT2D eigenvalue weighted by molar-refractivity contribution is 6.74. The lowest BCUT2D eigenvalue weighted by molar-refractivity contribution is 0.306. The predicted molar refractivity (Wildman–Crippen MR) is 140 cm³/mol. The topological polar surface area (TPSA) is 58.9 Å². The van der Waals surface area contributed by atoms with Crippen LogP contribution in [0.3, 0.4) is 0 Å². The molecule has 3 rings (SSSR count). The Bertz CT molecular complexity index is 1080. The van der Waals surface area contributed by atoms with Crippen LogP contribution in [0.2, 0.25) is 18.1 Å². The summed E-state index contributed by atoms with van der Waals surface area (Å²) in [5, 5.41) is 18.6. The minimum atomic E-state index is -1.89. The third kappa shape index (κ3) is 6.08. The van der Waals surface area contributed by atoms with Gasteiger partial charge in [-0.05, 0) is 95.6 Å². The molecule has 0 spiro atoms. The summed E-state index contributed by atoms with van der Waals surface area (Å²) in [4.78, 5) is 0. The van der Waals surface area contributed by atoms with Crippen LogP contribution in [0.5, 0.6) is 11.5 Å². The zero-order valence-corrected chi connectivity index (χ0v) is 21.8. The molecule has 0 radical (unpaired) electrons. The number of ether oxygens (including phenoxy) is 1. The molecule has 0 aliphatic heterocycles. The van der Waals surface area contributed by atoms with Gasteiger partial charge in [-0.25, -0.2) is 0 Å². The van der Waals surface area contributed by atoms with Crippen LogP contribution in [-0.4, -0.2) is 25.5 Å². The van der Waals surface area contributed by atoms with Crippen LogP contribution >= 0.6 is 0 Å². The molecule has 0 fully saturated rings. The van der Waals surface area contributed by atoms with Crippen molar-refractivity contribution in [1.82, 2.24) is 0 Å². The summed E-state index contributed by atoms with van der Waals surface area (Å²) < 4.78 is 12.4. The van der Waals surface area contributed by atoms with Gasteiger partial charge < -0.3 is 19.2 Å². The fourth-order valence-electron chi connectivity index (χ4n) is 3.61. The molecule has 3 aromatic rings. The van der Waals surface area contributed by atoms with E-state index in [1.807, 2.05) is 0 Å². The Morgan fingerprint density at radius 3 is 2.00 bits per heavy atom. The van der Waals surface area contributed by atoms with Gasteiger partial charge in [0.05, 0.1) is 0 Å². The van der Waals surface area contributed by atoms with E-state index in [1.54, 1.807) is 24.3 Å². The Labute approximate surface area is 199 Å². The van der Waals surface area contributed by atoms with E-state index in [2.05, 4.69) is 84.1 Å². The van der Waals surface area contributed by atoms with E-state index in [4.69, 9.17) is 9.16 Å². The molecule has 0 aromatic heterocycles. The van der Waals surface area contributed by atoms with Crippen molar-refractivity contribution >= 4 is 20.9 Å². The molecule has 0 unspecified atom stereocenters. The zero-order chi connectivity index (χ0) is 24.4. The van der Waals surface area contributed by atoms with Crippen molar-refractivity contribution < 1.29 is 19.2 Å². The lowest BCUT2D eigenvalue weighted by Crippen LogP contribution is -2.43. The fraction of sp³-hybridized carbons (Fsp3) is 0.333. The number of rotatable bonds is 7. The maximum atomic E-state index is 9.22. The lowest BCUT2D eigenvalue weighted by atomic mass is 9.80. The van der Waals surface area contributed by atoms with Crippen molar-refractivity contribution in [3.63, 3.8) is 0 Å². The van der Waals surface area contributed by atoms with Gasteiger partial charge in [-0.2, -0.15) is 0 Å². The SMILES string of the molecule is Cc1cc(O[Si](C)(C)C(C)(C)C)cc(C)c1-c1cccc(COc2ccc(B(O)O)cc2)c1. The molecule has 0 amide bonds. The Kier molecular flexibility index (Phi) is 7.42. The van der Waals surface area contributed by atoms with E-state index in [9.17, 15) is 10.0 Å². The molecule has 3 aromatic carbocycles. The highest BCUT2D eigenvalue weighted by Gasteiger charge is 2.39. The Balaban J connectivity index is 1.79. The lowest BCUT2D eigenvalue weighted by Gasteiger charge is -2.36. The van der Waals surface area contributed by atoms with E-state index in [1.165, 1.54) is 16.7 Å². The standard InChI is InChI=1S/C27H35BO4Si/c1-19-15-25(32-33(6,7)27(3,4)5)16-20(2)26(19)22-10-8-9-21(17-22)18-31-24-13-11-23(12-14-24)28(29)30/h8-17,29-30H,18H2,1-7H3. The molecule has 33 heavy (non-hydrogen) atoms. The third-order valence-corrected chi connectivity index (χ3v) is 10.8. The van der Waals surface area contributed by atoms with Crippen molar-refractivity contribution in [3.05, 3.63) is 77.4 Å². The first-order valence-corrected chi connectivity index (χ1v) is 14.3. The van der Waals surface area contributed by atoms with Gasteiger partial charge in [0.2, 0.25) is 8.32 Å². The monoisotopic (exact) mass is 462 g/mol. The van der Waals surface area contributed by atoms with E-state index in [0.29, 0.717) is 17.8 Å². The maximum absolute atomic E-state index is 9.22. The van der Waals surface area contributed by atoms with Crippen molar-refractivity contribution in [1.29, 1.82) is 0 Å². The summed E-state index contributed by atoms with van der Waals surface area (Å²) in [5.41, 5.74) is 6.28. The molecule has 0 aliphatic rings. The van der Waals surface area contributed by atoms with Crippen LogP contribution in [-0.2, 0) is 6.61 Å². The van der Waals surface area contributed by atoms with Gasteiger partial charge in [0.1, 0.15) is 18.1 Å². The first-order chi connectivity index (χ1) is 15.4. The van der Waals surface area contributed by atoms with Gasteiger partial charge in [-0.1, -0.05) is 51.1 Å². The third-order valence-electron chi connectivity index (χ3n) is 6.48. The molecule has 0 heterocycles. The average molecular weight is 462 g/mol. The molecule has 6 heteroatoms. The molecule has 2 N–H and O–H groups in total. The maximum Gasteiger partial charge on any atom is 0.488 e. The van der Waals surface area contributed by atoms with Crippen molar-refractivity contribution in [2.24, 2.45) is 0 Å². The van der Waals surface area contributed by atoms with Gasteiger partial charge in [0.15, 0.2) is 0 Å². The second kappa shape index (κ2) is 9.76. The van der Waals surface area contributed by atoms with Crippen LogP contribution in [0.25, 0.3) is 11.1 Å². The summed E-state index contributed by atoms with van der Waals surface area (Å²) in [5.74, 6) is 1.64. The predicted octanol–water partition coefficient (Wildman–Crippen LogP) is 5.61. The number of aryl methyl sites for hydroxylation is 2. The summed E-state index contributed by atoms with van der Waals surface area (Å²) in [6.07, 6.45) is 0. The van der Waals surface area contributed by atoms with E-state index >= 15 is 0 Å². The second-order valence-corrected chi connectivity index (χ2v) is 15.0. The first kappa shape index (κ1) is 25.1. The van der Waals surface area contributed by atoms with E-state index < -0.39 is 15.4 Å². The van der Waals surface area contributed by atoms with Crippen LogP contribution < -0.4 is 14.6 Å². The second-order valence-electron chi connectivity index (χ2n) is 10.2. The summed E-state index contributed by atoms with van der Waals surface area (Å²) in [7, 11) is -3.37. The smallest absolute Gasteiger partial charge is 0.488 e. The zero-order valence-electron chi connectivity index (χ0n) is 20.8. The minimum Gasteiger partial charge on any atom is -0.543 e. The highest BCUT2D eigenvalue weighted by atomic mass is 28.4. The Morgan fingerprint density at radius 2 is 1.45 bits per heavy atom. The van der Waals surface area contributed by atoms with Gasteiger partial charge in [-0.15, -0.1) is 0 Å². The molecule has 4 nitrogen and oxygen atoms in total. The summed E-state index contributed by atoms with van der Waals surface area (Å²) in [6, 6.07) is 19.5.